The van der Waals surface area contributed by atoms with E-state index in [9.17, 15) is 9.59 Å². The summed E-state index contributed by atoms with van der Waals surface area (Å²) in [7, 11) is 1.53. The fourth-order valence-corrected chi connectivity index (χ4v) is 3.34. The second kappa shape index (κ2) is 8.43. The van der Waals surface area contributed by atoms with Gasteiger partial charge in [0.2, 0.25) is 5.91 Å². The Morgan fingerprint density at radius 1 is 1.13 bits per heavy atom. The maximum absolute atomic E-state index is 12.9. The van der Waals surface area contributed by atoms with E-state index in [0.717, 1.165) is 5.69 Å². The monoisotopic (exact) mass is 417 g/mol. The van der Waals surface area contributed by atoms with Crippen LogP contribution in [0.4, 0.5) is 5.69 Å². The van der Waals surface area contributed by atoms with E-state index in [0.29, 0.717) is 28.4 Å². The fourth-order valence-electron chi connectivity index (χ4n) is 3.34. The highest BCUT2D eigenvalue weighted by Crippen LogP contribution is 2.23. The molecular formula is C23H23N5O3. The molecule has 8 nitrogen and oxygen atoms in total. The summed E-state index contributed by atoms with van der Waals surface area (Å²) in [6.45, 7) is 4.09. The molecule has 31 heavy (non-hydrogen) atoms. The van der Waals surface area contributed by atoms with Gasteiger partial charge < -0.3 is 10.1 Å². The normalized spacial score (nSPS) is 11.1. The van der Waals surface area contributed by atoms with Gasteiger partial charge in [-0.25, -0.2) is 9.67 Å². The van der Waals surface area contributed by atoms with Crippen LogP contribution in [0, 0.1) is 0 Å². The van der Waals surface area contributed by atoms with Crippen LogP contribution in [0.2, 0.25) is 0 Å². The third-order valence-electron chi connectivity index (χ3n) is 5.05. The fraction of sp³-hybridized carbons (Fsp3) is 0.217. The lowest BCUT2D eigenvalue weighted by Gasteiger charge is -2.11. The molecule has 0 unspecified atom stereocenters. The molecule has 2 aromatic heterocycles. The average molecular weight is 417 g/mol. The Bertz CT molecular complexity index is 1290. The Balaban J connectivity index is 1.59. The molecule has 0 aliphatic rings. The predicted octanol–water partition coefficient (Wildman–Crippen LogP) is 3.35. The molecule has 0 aliphatic heterocycles. The second-order valence-electron chi connectivity index (χ2n) is 7.47. The minimum atomic E-state index is -0.357. The lowest BCUT2D eigenvalue weighted by atomic mass is 10.0. The second-order valence-corrected chi connectivity index (χ2v) is 7.47. The first kappa shape index (κ1) is 20.3. The van der Waals surface area contributed by atoms with Crippen molar-refractivity contribution in [1.82, 2.24) is 19.3 Å². The van der Waals surface area contributed by atoms with Gasteiger partial charge in [0, 0.05) is 0 Å². The number of aromatic nitrogens is 4. The summed E-state index contributed by atoms with van der Waals surface area (Å²) in [5.41, 5.74) is 2.69. The number of rotatable bonds is 6. The Morgan fingerprint density at radius 3 is 2.58 bits per heavy atom. The molecule has 2 heterocycles. The molecule has 0 saturated heterocycles. The number of nitrogens with zero attached hydrogens (tertiary/aromatic N) is 4. The van der Waals surface area contributed by atoms with Crippen LogP contribution in [0.3, 0.4) is 0 Å². The van der Waals surface area contributed by atoms with Crippen molar-refractivity contribution in [3.05, 3.63) is 77.0 Å². The zero-order valence-electron chi connectivity index (χ0n) is 17.6. The summed E-state index contributed by atoms with van der Waals surface area (Å²) < 4.78 is 8.13. The largest absolute Gasteiger partial charge is 0.495 e. The first-order valence-electron chi connectivity index (χ1n) is 9.94. The Labute approximate surface area is 179 Å². The molecule has 4 rings (SSSR count). The highest BCUT2D eigenvalue weighted by Gasteiger charge is 2.14. The van der Waals surface area contributed by atoms with E-state index in [-0.39, 0.29) is 18.0 Å². The van der Waals surface area contributed by atoms with E-state index < -0.39 is 0 Å². The lowest BCUT2D eigenvalue weighted by Crippen LogP contribution is -2.28. The van der Waals surface area contributed by atoms with Crippen molar-refractivity contribution < 1.29 is 9.53 Å². The maximum Gasteiger partial charge on any atom is 0.264 e. The van der Waals surface area contributed by atoms with Crippen molar-refractivity contribution in [2.45, 2.75) is 26.3 Å². The zero-order valence-corrected chi connectivity index (χ0v) is 17.6. The number of carbonyl (C=O) groups excluding carboxylic acids is 1. The molecule has 0 radical (unpaired) electrons. The van der Waals surface area contributed by atoms with Crippen LogP contribution in [0.1, 0.15) is 25.3 Å². The molecule has 0 spiro atoms. The molecule has 0 bridgehead atoms. The first-order valence-corrected chi connectivity index (χ1v) is 9.94. The predicted molar refractivity (Wildman–Crippen MR) is 119 cm³/mol. The summed E-state index contributed by atoms with van der Waals surface area (Å²) in [6.07, 6.45) is 2.85. The van der Waals surface area contributed by atoms with Gasteiger partial charge in [-0.3, -0.25) is 14.2 Å². The number of hydrogen-bond donors (Lipinski definition) is 1. The topological polar surface area (TPSA) is 91.0 Å². The Morgan fingerprint density at radius 2 is 1.87 bits per heavy atom. The van der Waals surface area contributed by atoms with Gasteiger partial charge in [-0.05, 0) is 35.7 Å². The van der Waals surface area contributed by atoms with Gasteiger partial charge in [0.05, 0.1) is 24.7 Å². The van der Waals surface area contributed by atoms with Gasteiger partial charge in [0.1, 0.15) is 24.0 Å². The number of anilines is 1. The van der Waals surface area contributed by atoms with Crippen molar-refractivity contribution in [2.24, 2.45) is 0 Å². The molecule has 1 amide bonds. The van der Waals surface area contributed by atoms with Crippen LogP contribution in [0.15, 0.2) is 65.8 Å². The summed E-state index contributed by atoms with van der Waals surface area (Å²) in [5.74, 6) is 0.613. The quantitative estimate of drug-likeness (QED) is 0.520. The van der Waals surface area contributed by atoms with E-state index in [1.165, 1.54) is 29.8 Å². The molecule has 0 atom stereocenters. The van der Waals surface area contributed by atoms with E-state index >= 15 is 0 Å². The van der Waals surface area contributed by atoms with Crippen molar-refractivity contribution in [3.63, 3.8) is 0 Å². The van der Waals surface area contributed by atoms with E-state index in [4.69, 9.17) is 4.74 Å². The van der Waals surface area contributed by atoms with Gasteiger partial charge in [-0.1, -0.05) is 38.1 Å². The lowest BCUT2D eigenvalue weighted by molar-refractivity contribution is -0.116. The molecule has 0 saturated carbocycles. The minimum absolute atomic E-state index is 0.173. The van der Waals surface area contributed by atoms with Crippen molar-refractivity contribution >= 4 is 22.6 Å². The van der Waals surface area contributed by atoms with Gasteiger partial charge in [0.15, 0.2) is 5.65 Å². The van der Waals surface area contributed by atoms with Gasteiger partial charge in [-0.15, -0.1) is 0 Å². The van der Waals surface area contributed by atoms with Gasteiger partial charge >= 0.3 is 0 Å². The Kier molecular flexibility index (Phi) is 5.53. The SMILES string of the molecule is COc1ccccc1NC(=O)Cn1cnc2c(cnn2-c2ccc(C(C)C)cc2)c1=O. The number of para-hydroxylation sites is 2. The number of fused-ring (bicyclic) bond motifs is 1. The van der Waals surface area contributed by atoms with E-state index in [1.807, 2.05) is 30.3 Å². The summed E-state index contributed by atoms with van der Waals surface area (Å²) in [4.78, 5) is 29.8. The van der Waals surface area contributed by atoms with E-state index in [1.54, 1.807) is 22.9 Å². The molecule has 2 aromatic carbocycles. The van der Waals surface area contributed by atoms with E-state index in [2.05, 4.69) is 29.2 Å². The van der Waals surface area contributed by atoms with Crippen LogP contribution in [0.25, 0.3) is 16.7 Å². The number of carbonyl (C=O) groups is 1. The van der Waals surface area contributed by atoms with Crippen molar-refractivity contribution in [3.8, 4) is 11.4 Å². The summed E-state index contributed by atoms with van der Waals surface area (Å²) in [6, 6.07) is 15.1. The molecule has 0 fully saturated rings. The molecule has 4 aromatic rings. The smallest absolute Gasteiger partial charge is 0.264 e. The molecular weight excluding hydrogens is 394 g/mol. The summed E-state index contributed by atoms with van der Waals surface area (Å²) >= 11 is 0. The molecule has 8 heteroatoms. The highest BCUT2D eigenvalue weighted by atomic mass is 16.5. The number of nitrogens with one attached hydrogen (secondary N) is 1. The van der Waals surface area contributed by atoms with Gasteiger partial charge in [0.25, 0.3) is 5.56 Å². The van der Waals surface area contributed by atoms with Crippen LogP contribution in [-0.2, 0) is 11.3 Å². The zero-order chi connectivity index (χ0) is 22.0. The minimum Gasteiger partial charge on any atom is -0.495 e. The molecule has 158 valence electrons. The molecule has 0 aliphatic carbocycles. The number of methoxy groups -OCH3 is 1. The number of hydrogen-bond acceptors (Lipinski definition) is 5. The highest BCUT2D eigenvalue weighted by molar-refractivity contribution is 5.92. The van der Waals surface area contributed by atoms with Crippen molar-refractivity contribution in [2.75, 3.05) is 12.4 Å². The van der Waals surface area contributed by atoms with Crippen LogP contribution < -0.4 is 15.6 Å². The molecule has 1 N–H and O–H groups in total. The summed E-state index contributed by atoms with van der Waals surface area (Å²) in [5, 5.41) is 7.44. The standard InChI is InChI=1S/C23H23N5O3/c1-15(2)16-8-10-17(11-9-16)28-22-18(12-25-28)23(30)27(14-24-22)13-21(29)26-19-6-4-5-7-20(19)31-3/h4-12,14-15H,13H2,1-3H3,(H,26,29). The third-order valence-corrected chi connectivity index (χ3v) is 5.05. The average Bonchev–Trinajstić information content (AvgIpc) is 3.21. The van der Waals surface area contributed by atoms with Crippen LogP contribution >= 0.6 is 0 Å². The van der Waals surface area contributed by atoms with Gasteiger partial charge in [-0.2, -0.15) is 5.10 Å². The van der Waals surface area contributed by atoms with Crippen molar-refractivity contribution in [1.29, 1.82) is 0 Å². The number of amides is 1. The third kappa shape index (κ3) is 4.05. The maximum atomic E-state index is 12.9. The Hall–Kier alpha value is -3.94. The number of ether oxygens (including phenoxy) is 1. The van der Waals surface area contributed by atoms with Crippen LogP contribution in [0.5, 0.6) is 5.75 Å². The first-order chi connectivity index (χ1) is 15.0. The number of benzene rings is 2. The van der Waals surface area contributed by atoms with Crippen LogP contribution in [-0.4, -0.2) is 32.3 Å².